The SMILES string of the molecule is CNc1c(C)c(C)nc2ccc(OCC(F)(F)F)cc12. The molecule has 0 unspecified atom stereocenters. The minimum Gasteiger partial charge on any atom is -0.484 e. The van der Waals surface area contributed by atoms with Gasteiger partial charge in [0.25, 0.3) is 0 Å². The highest BCUT2D eigenvalue weighted by atomic mass is 19.4. The predicted octanol–water partition coefficient (Wildman–Crippen LogP) is 3.83. The third-order valence-corrected chi connectivity index (χ3v) is 3.10. The molecule has 0 aliphatic carbocycles. The number of ether oxygens (including phenoxy) is 1. The molecule has 0 bridgehead atoms. The fourth-order valence-corrected chi connectivity index (χ4v) is 2.04. The number of anilines is 1. The van der Waals surface area contributed by atoms with E-state index >= 15 is 0 Å². The molecule has 108 valence electrons. The molecule has 0 spiro atoms. The van der Waals surface area contributed by atoms with Gasteiger partial charge in [-0.2, -0.15) is 13.2 Å². The number of hydrogen-bond donors (Lipinski definition) is 1. The number of pyridine rings is 1. The summed E-state index contributed by atoms with van der Waals surface area (Å²) in [5.74, 6) is 0.177. The number of halogens is 3. The molecule has 2 aromatic rings. The Morgan fingerprint density at radius 2 is 1.95 bits per heavy atom. The summed E-state index contributed by atoms with van der Waals surface area (Å²) in [6.07, 6.45) is -4.35. The minimum absolute atomic E-state index is 0.177. The number of nitrogens with zero attached hydrogens (tertiary/aromatic N) is 1. The van der Waals surface area contributed by atoms with Gasteiger partial charge in [-0.05, 0) is 37.6 Å². The van der Waals surface area contributed by atoms with Crippen LogP contribution in [0, 0.1) is 13.8 Å². The van der Waals surface area contributed by atoms with Gasteiger partial charge in [-0.3, -0.25) is 4.98 Å². The average molecular weight is 284 g/mol. The zero-order valence-electron chi connectivity index (χ0n) is 11.4. The molecule has 0 aliphatic heterocycles. The van der Waals surface area contributed by atoms with Crippen LogP contribution < -0.4 is 10.1 Å². The third-order valence-electron chi connectivity index (χ3n) is 3.10. The number of rotatable bonds is 3. The van der Waals surface area contributed by atoms with Gasteiger partial charge in [-0.15, -0.1) is 0 Å². The van der Waals surface area contributed by atoms with E-state index in [2.05, 4.69) is 10.3 Å². The smallest absolute Gasteiger partial charge is 0.422 e. The van der Waals surface area contributed by atoms with Crippen LogP contribution in [0.2, 0.25) is 0 Å². The fraction of sp³-hybridized carbons (Fsp3) is 0.357. The van der Waals surface area contributed by atoms with Crippen molar-refractivity contribution >= 4 is 16.6 Å². The van der Waals surface area contributed by atoms with E-state index in [1.54, 1.807) is 19.2 Å². The van der Waals surface area contributed by atoms with E-state index in [4.69, 9.17) is 4.74 Å². The Labute approximate surface area is 114 Å². The monoisotopic (exact) mass is 284 g/mol. The largest absolute Gasteiger partial charge is 0.484 e. The number of aryl methyl sites for hydroxylation is 1. The van der Waals surface area contributed by atoms with Gasteiger partial charge in [0, 0.05) is 23.8 Å². The van der Waals surface area contributed by atoms with Crippen molar-refractivity contribution in [2.45, 2.75) is 20.0 Å². The molecule has 0 fully saturated rings. The highest BCUT2D eigenvalue weighted by Gasteiger charge is 2.28. The first-order valence-electron chi connectivity index (χ1n) is 6.10. The van der Waals surface area contributed by atoms with Gasteiger partial charge >= 0.3 is 6.18 Å². The summed E-state index contributed by atoms with van der Waals surface area (Å²) in [4.78, 5) is 4.42. The summed E-state index contributed by atoms with van der Waals surface area (Å²) in [6, 6.07) is 4.73. The lowest BCUT2D eigenvalue weighted by Crippen LogP contribution is -2.19. The van der Waals surface area contributed by atoms with Crippen molar-refractivity contribution in [3.8, 4) is 5.75 Å². The average Bonchev–Trinajstić information content (AvgIpc) is 2.37. The fourth-order valence-electron chi connectivity index (χ4n) is 2.04. The molecule has 20 heavy (non-hydrogen) atoms. The molecule has 0 atom stereocenters. The van der Waals surface area contributed by atoms with Gasteiger partial charge < -0.3 is 10.1 Å². The van der Waals surface area contributed by atoms with Crippen molar-refractivity contribution in [1.29, 1.82) is 0 Å². The Morgan fingerprint density at radius 1 is 1.25 bits per heavy atom. The molecule has 0 saturated heterocycles. The first-order valence-corrected chi connectivity index (χ1v) is 6.10. The lowest BCUT2D eigenvalue weighted by atomic mass is 10.1. The molecule has 2 rings (SSSR count). The van der Waals surface area contributed by atoms with Crippen molar-refractivity contribution in [3.63, 3.8) is 0 Å². The molecule has 1 aromatic heterocycles. The van der Waals surface area contributed by atoms with E-state index in [1.165, 1.54) is 6.07 Å². The van der Waals surface area contributed by atoms with Crippen molar-refractivity contribution in [2.75, 3.05) is 19.0 Å². The highest BCUT2D eigenvalue weighted by molar-refractivity contribution is 5.94. The highest BCUT2D eigenvalue weighted by Crippen LogP contribution is 2.31. The van der Waals surface area contributed by atoms with Crippen LogP contribution in [0.5, 0.6) is 5.75 Å². The number of fused-ring (bicyclic) bond motifs is 1. The standard InChI is InChI=1S/C14H15F3N2O/c1-8-9(2)19-12-5-4-10(20-7-14(15,16)17)6-11(12)13(8)18-3/h4-6H,7H2,1-3H3,(H,18,19). The van der Waals surface area contributed by atoms with Crippen LogP contribution in [0.3, 0.4) is 0 Å². The molecule has 0 saturated carbocycles. The Kier molecular flexibility index (Phi) is 3.74. The Balaban J connectivity index is 2.45. The molecular formula is C14H15F3N2O. The quantitative estimate of drug-likeness (QED) is 0.930. The molecule has 1 aromatic carbocycles. The van der Waals surface area contributed by atoms with Gasteiger partial charge in [0.1, 0.15) is 5.75 Å². The molecule has 0 aliphatic rings. The number of hydrogen-bond acceptors (Lipinski definition) is 3. The van der Waals surface area contributed by atoms with Gasteiger partial charge in [0.2, 0.25) is 0 Å². The molecular weight excluding hydrogens is 269 g/mol. The van der Waals surface area contributed by atoms with Crippen molar-refractivity contribution in [3.05, 3.63) is 29.5 Å². The van der Waals surface area contributed by atoms with Crippen LogP contribution >= 0.6 is 0 Å². The maximum atomic E-state index is 12.2. The number of aromatic nitrogens is 1. The maximum Gasteiger partial charge on any atom is 0.422 e. The van der Waals surface area contributed by atoms with Crippen molar-refractivity contribution in [1.82, 2.24) is 4.98 Å². The van der Waals surface area contributed by atoms with E-state index in [9.17, 15) is 13.2 Å². The topological polar surface area (TPSA) is 34.2 Å². The molecule has 6 heteroatoms. The minimum atomic E-state index is -4.35. The maximum absolute atomic E-state index is 12.2. The van der Waals surface area contributed by atoms with Crippen LogP contribution in [0.4, 0.5) is 18.9 Å². The van der Waals surface area contributed by atoms with Gasteiger partial charge in [-0.25, -0.2) is 0 Å². The third kappa shape index (κ3) is 2.95. The van der Waals surface area contributed by atoms with E-state index in [0.717, 1.165) is 27.8 Å². The lowest BCUT2D eigenvalue weighted by Gasteiger charge is -2.14. The van der Waals surface area contributed by atoms with Crippen LogP contribution in [0.1, 0.15) is 11.3 Å². The molecule has 1 N–H and O–H groups in total. The summed E-state index contributed by atoms with van der Waals surface area (Å²) in [5.41, 5.74) is 3.42. The summed E-state index contributed by atoms with van der Waals surface area (Å²) < 4.78 is 41.3. The normalized spacial score (nSPS) is 11.7. The van der Waals surface area contributed by atoms with Crippen molar-refractivity contribution < 1.29 is 17.9 Å². The zero-order chi connectivity index (χ0) is 14.9. The van der Waals surface area contributed by atoms with E-state index in [-0.39, 0.29) is 5.75 Å². The van der Waals surface area contributed by atoms with Crippen LogP contribution in [0.15, 0.2) is 18.2 Å². The Bertz CT molecular complexity index is 638. The molecule has 1 heterocycles. The second-order valence-corrected chi connectivity index (χ2v) is 4.53. The van der Waals surface area contributed by atoms with Crippen LogP contribution in [-0.2, 0) is 0 Å². The first kappa shape index (κ1) is 14.4. The first-order chi connectivity index (χ1) is 9.31. The van der Waals surface area contributed by atoms with Crippen LogP contribution in [-0.4, -0.2) is 24.8 Å². The summed E-state index contributed by atoms with van der Waals surface area (Å²) in [6.45, 7) is 2.51. The second-order valence-electron chi connectivity index (χ2n) is 4.53. The van der Waals surface area contributed by atoms with Crippen molar-refractivity contribution in [2.24, 2.45) is 0 Å². The molecule has 0 amide bonds. The lowest BCUT2D eigenvalue weighted by molar-refractivity contribution is -0.153. The summed E-state index contributed by atoms with van der Waals surface area (Å²) in [7, 11) is 1.77. The number of benzene rings is 1. The zero-order valence-corrected chi connectivity index (χ0v) is 11.4. The second kappa shape index (κ2) is 5.19. The van der Waals surface area contributed by atoms with E-state index in [0.29, 0.717) is 0 Å². The van der Waals surface area contributed by atoms with E-state index < -0.39 is 12.8 Å². The number of alkyl halides is 3. The number of nitrogens with one attached hydrogen (secondary N) is 1. The van der Waals surface area contributed by atoms with Gasteiger partial charge in [-0.1, -0.05) is 0 Å². The van der Waals surface area contributed by atoms with Gasteiger partial charge in [0.15, 0.2) is 6.61 Å². The summed E-state index contributed by atoms with van der Waals surface area (Å²) in [5, 5.41) is 3.81. The Hall–Kier alpha value is -1.98. The van der Waals surface area contributed by atoms with E-state index in [1.807, 2.05) is 13.8 Å². The Morgan fingerprint density at radius 3 is 2.55 bits per heavy atom. The molecule has 0 radical (unpaired) electrons. The summed E-state index contributed by atoms with van der Waals surface area (Å²) >= 11 is 0. The predicted molar refractivity (Wildman–Crippen MR) is 72.3 cm³/mol. The molecule has 3 nitrogen and oxygen atoms in total. The van der Waals surface area contributed by atoms with Gasteiger partial charge in [0.05, 0.1) is 5.52 Å². The van der Waals surface area contributed by atoms with Crippen LogP contribution in [0.25, 0.3) is 10.9 Å².